The smallest absolute Gasteiger partial charge is 0.140 e. The third kappa shape index (κ3) is 2.50. The number of hydrogen-bond donors (Lipinski definition) is 0. The maximum atomic E-state index is 11.3. The summed E-state index contributed by atoms with van der Waals surface area (Å²) in [6.45, 7) is 2.87. The summed E-state index contributed by atoms with van der Waals surface area (Å²) < 4.78 is 0. The highest BCUT2D eigenvalue weighted by molar-refractivity contribution is 6.01. The first kappa shape index (κ1) is 11.1. The van der Waals surface area contributed by atoms with Gasteiger partial charge in [-0.25, -0.2) is 0 Å². The summed E-state index contributed by atoms with van der Waals surface area (Å²) in [5, 5.41) is 0. The van der Waals surface area contributed by atoms with Crippen LogP contribution in [-0.4, -0.2) is 17.3 Å². The minimum Gasteiger partial charge on any atom is -0.300 e. The van der Waals surface area contributed by atoms with Gasteiger partial charge in [-0.2, -0.15) is 0 Å². The zero-order valence-corrected chi connectivity index (χ0v) is 8.71. The number of ketones is 3. The monoisotopic (exact) mass is 196 g/mol. The zero-order chi connectivity index (χ0) is 10.7. The first-order chi connectivity index (χ1) is 6.52. The maximum Gasteiger partial charge on any atom is 0.140 e. The van der Waals surface area contributed by atoms with Gasteiger partial charge >= 0.3 is 0 Å². The molecule has 0 aliphatic heterocycles. The van der Waals surface area contributed by atoms with Crippen molar-refractivity contribution in [2.24, 2.45) is 11.8 Å². The van der Waals surface area contributed by atoms with Gasteiger partial charge in [-0.05, 0) is 32.6 Å². The van der Waals surface area contributed by atoms with Crippen LogP contribution in [0.4, 0.5) is 0 Å². The number of hydrogen-bond acceptors (Lipinski definition) is 3. The van der Waals surface area contributed by atoms with Crippen LogP contribution >= 0.6 is 0 Å². The first-order valence-electron chi connectivity index (χ1n) is 5.05. The molecule has 1 saturated carbocycles. The van der Waals surface area contributed by atoms with Gasteiger partial charge in [0.25, 0.3) is 0 Å². The largest absolute Gasteiger partial charge is 0.300 e. The van der Waals surface area contributed by atoms with E-state index in [9.17, 15) is 14.4 Å². The zero-order valence-electron chi connectivity index (χ0n) is 8.71. The fourth-order valence-corrected chi connectivity index (χ4v) is 2.29. The second kappa shape index (κ2) is 4.49. The van der Waals surface area contributed by atoms with Gasteiger partial charge in [0.1, 0.15) is 17.3 Å². The average molecular weight is 196 g/mol. The molecule has 78 valence electrons. The molecule has 14 heavy (non-hydrogen) atoms. The van der Waals surface area contributed by atoms with Crippen LogP contribution < -0.4 is 0 Å². The van der Waals surface area contributed by atoms with Crippen molar-refractivity contribution in [2.75, 3.05) is 0 Å². The summed E-state index contributed by atoms with van der Waals surface area (Å²) in [6, 6.07) is 0. The molecule has 0 aromatic carbocycles. The molecular formula is C11H16O3. The van der Waals surface area contributed by atoms with E-state index < -0.39 is 5.92 Å². The Morgan fingerprint density at radius 3 is 2.29 bits per heavy atom. The van der Waals surface area contributed by atoms with Gasteiger partial charge in [0.05, 0.1) is 5.92 Å². The van der Waals surface area contributed by atoms with E-state index in [-0.39, 0.29) is 23.3 Å². The van der Waals surface area contributed by atoms with Crippen LogP contribution in [0.2, 0.25) is 0 Å². The summed E-state index contributed by atoms with van der Waals surface area (Å²) in [6.07, 6.45) is 2.67. The first-order valence-corrected chi connectivity index (χ1v) is 5.05. The van der Waals surface area contributed by atoms with E-state index >= 15 is 0 Å². The average Bonchev–Trinajstić information content (AvgIpc) is 2.02. The van der Waals surface area contributed by atoms with Crippen LogP contribution in [0.3, 0.4) is 0 Å². The van der Waals surface area contributed by atoms with Crippen molar-refractivity contribution in [1.82, 2.24) is 0 Å². The molecule has 0 N–H and O–H groups in total. The molecule has 1 unspecified atom stereocenters. The predicted octanol–water partition coefficient (Wildman–Crippen LogP) is 1.54. The Bertz CT molecular complexity index is 254. The lowest BCUT2D eigenvalue weighted by molar-refractivity contribution is -0.134. The lowest BCUT2D eigenvalue weighted by Crippen LogP contribution is -2.32. The highest BCUT2D eigenvalue weighted by Crippen LogP contribution is 2.29. The van der Waals surface area contributed by atoms with Crippen molar-refractivity contribution in [2.45, 2.75) is 39.5 Å². The Morgan fingerprint density at radius 1 is 1.29 bits per heavy atom. The van der Waals surface area contributed by atoms with Crippen LogP contribution in [0.25, 0.3) is 0 Å². The molecular weight excluding hydrogens is 180 g/mol. The number of rotatable bonds is 3. The number of carbonyl (C=O) groups is 3. The third-order valence-corrected chi connectivity index (χ3v) is 2.87. The topological polar surface area (TPSA) is 51.2 Å². The van der Waals surface area contributed by atoms with Crippen molar-refractivity contribution in [3.05, 3.63) is 0 Å². The molecule has 0 saturated heterocycles. The summed E-state index contributed by atoms with van der Waals surface area (Å²) in [7, 11) is 0. The standard InChI is InChI=1S/C11H16O3/c1-7(12)11(8(2)13)9-4-3-5-10(14)6-9/h9,11H,3-6H2,1-2H3. The fourth-order valence-electron chi connectivity index (χ4n) is 2.29. The Morgan fingerprint density at radius 2 is 1.86 bits per heavy atom. The summed E-state index contributed by atoms with van der Waals surface area (Å²) >= 11 is 0. The van der Waals surface area contributed by atoms with Crippen molar-refractivity contribution < 1.29 is 14.4 Å². The fraction of sp³-hybridized carbons (Fsp3) is 0.727. The van der Waals surface area contributed by atoms with Crippen molar-refractivity contribution >= 4 is 17.3 Å². The van der Waals surface area contributed by atoms with Crippen LogP contribution in [0.1, 0.15) is 39.5 Å². The molecule has 0 aromatic rings. The SMILES string of the molecule is CC(=O)C(C(C)=O)C1CCCC(=O)C1. The normalized spacial score (nSPS) is 22.5. The van der Waals surface area contributed by atoms with Crippen LogP contribution in [0.5, 0.6) is 0 Å². The highest BCUT2D eigenvalue weighted by Gasteiger charge is 2.32. The molecule has 0 amide bonds. The van der Waals surface area contributed by atoms with E-state index in [1.807, 2.05) is 0 Å². The molecule has 0 aromatic heterocycles. The Balaban J connectivity index is 2.72. The second-order valence-corrected chi connectivity index (χ2v) is 4.09. The van der Waals surface area contributed by atoms with Crippen molar-refractivity contribution in [1.29, 1.82) is 0 Å². The van der Waals surface area contributed by atoms with Gasteiger partial charge in [0.2, 0.25) is 0 Å². The Hall–Kier alpha value is -0.990. The van der Waals surface area contributed by atoms with Crippen LogP contribution in [0.15, 0.2) is 0 Å². The third-order valence-electron chi connectivity index (χ3n) is 2.87. The van der Waals surface area contributed by atoms with E-state index in [0.29, 0.717) is 12.8 Å². The summed E-state index contributed by atoms with van der Waals surface area (Å²) in [5.74, 6) is -0.589. The van der Waals surface area contributed by atoms with E-state index in [1.165, 1.54) is 13.8 Å². The highest BCUT2D eigenvalue weighted by atomic mass is 16.2. The van der Waals surface area contributed by atoms with Gasteiger partial charge in [-0.1, -0.05) is 0 Å². The molecule has 3 heteroatoms. The molecule has 0 bridgehead atoms. The van der Waals surface area contributed by atoms with Gasteiger partial charge in [-0.15, -0.1) is 0 Å². The summed E-state index contributed by atoms with van der Waals surface area (Å²) in [5.41, 5.74) is 0. The van der Waals surface area contributed by atoms with E-state index in [2.05, 4.69) is 0 Å². The molecule has 1 atom stereocenters. The predicted molar refractivity (Wildman–Crippen MR) is 51.8 cm³/mol. The molecule has 1 aliphatic carbocycles. The quantitative estimate of drug-likeness (QED) is 0.643. The molecule has 3 nitrogen and oxygen atoms in total. The lowest BCUT2D eigenvalue weighted by Gasteiger charge is -2.25. The van der Waals surface area contributed by atoms with Crippen molar-refractivity contribution in [3.63, 3.8) is 0 Å². The van der Waals surface area contributed by atoms with Gasteiger partial charge in [0, 0.05) is 12.8 Å². The molecule has 1 aliphatic rings. The number of Topliss-reactive ketones (excluding diaryl/α,β-unsaturated/α-hetero) is 3. The minimum atomic E-state index is -0.542. The van der Waals surface area contributed by atoms with E-state index in [0.717, 1.165) is 12.8 Å². The molecule has 1 fully saturated rings. The van der Waals surface area contributed by atoms with Crippen molar-refractivity contribution in [3.8, 4) is 0 Å². The number of carbonyl (C=O) groups excluding carboxylic acids is 3. The maximum absolute atomic E-state index is 11.3. The van der Waals surface area contributed by atoms with Crippen LogP contribution in [0, 0.1) is 11.8 Å². The lowest BCUT2D eigenvalue weighted by atomic mass is 9.76. The van der Waals surface area contributed by atoms with Gasteiger partial charge in [0.15, 0.2) is 0 Å². The molecule has 0 heterocycles. The van der Waals surface area contributed by atoms with Crippen LogP contribution in [-0.2, 0) is 14.4 Å². The molecule has 0 spiro atoms. The van der Waals surface area contributed by atoms with Gasteiger partial charge < -0.3 is 0 Å². The molecule has 0 radical (unpaired) electrons. The molecule has 1 rings (SSSR count). The van der Waals surface area contributed by atoms with E-state index in [1.54, 1.807) is 0 Å². The second-order valence-electron chi connectivity index (χ2n) is 4.09. The Kier molecular flexibility index (Phi) is 3.55. The van der Waals surface area contributed by atoms with Gasteiger partial charge in [-0.3, -0.25) is 14.4 Å². The summed E-state index contributed by atoms with van der Waals surface area (Å²) in [4.78, 5) is 33.7. The minimum absolute atomic E-state index is 0.0359. The Labute approximate surface area is 83.9 Å². The van der Waals surface area contributed by atoms with E-state index in [4.69, 9.17) is 0 Å².